The molecule has 0 heterocycles. The minimum atomic E-state index is -4.03. The topological polar surface area (TPSA) is 136 Å². The number of nitriles is 1. The molecule has 0 aliphatic rings. The second kappa shape index (κ2) is 7.01. The summed E-state index contributed by atoms with van der Waals surface area (Å²) in [6, 6.07) is 4.16. The van der Waals surface area contributed by atoms with Crippen molar-refractivity contribution in [3.05, 3.63) is 27.8 Å². The van der Waals surface area contributed by atoms with Crippen molar-refractivity contribution < 1.29 is 18.1 Å². The van der Waals surface area contributed by atoms with E-state index < -0.39 is 20.6 Å². The van der Waals surface area contributed by atoms with Crippen molar-refractivity contribution in [2.24, 2.45) is 5.14 Å². The largest absolute Gasteiger partial charge is 0.487 e. The normalized spacial score (nSPS) is 10.9. The average molecular weight is 313 g/mol. The second-order valence-electron chi connectivity index (χ2n) is 4.35. The summed E-state index contributed by atoms with van der Waals surface area (Å²) in [6.45, 7) is 1.68. The van der Waals surface area contributed by atoms with Crippen LogP contribution in [0.2, 0.25) is 0 Å². The first kappa shape index (κ1) is 16.9. The van der Waals surface area contributed by atoms with E-state index in [1.165, 1.54) is 13.0 Å². The number of rotatable bonds is 7. The zero-order chi connectivity index (χ0) is 16.0. The predicted octanol–water partition coefficient (Wildman–Crippen LogP) is 1.62. The Balaban J connectivity index is 3.02. The summed E-state index contributed by atoms with van der Waals surface area (Å²) >= 11 is 0. The second-order valence-corrected chi connectivity index (χ2v) is 5.88. The van der Waals surface area contributed by atoms with Crippen molar-refractivity contribution in [1.29, 1.82) is 5.26 Å². The molecule has 0 radical (unpaired) electrons. The van der Waals surface area contributed by atoms with Gasteiger partial charge < -0.3 is 4.74 Å². The lowest BCUT2D eigenvalue weighted by atomic mass is 10.2. The molecule has 1 aromatic rings. The number of unbranched alkanes of at least 4 members (excludes halogenated alkanes) is 2. The van der Waals surface area contributed by atoms with Crippen LogP contribution in [0.4, 0.5) is 5.69 Å². The molecule has 0 aromatic heterocycles. The lowest BCUT2D eigenvalue weighted by molar-refractivity contribution is -0.386. The van der Waals surface area contributed by atoms with E-state index in [-0.39, 0.29) is 22.8 Å². The monoisotopic (exact) mass is 313 g/mol. The van der Waals surface area contributed by atoms with Gasteiger partial charge in [-0.2, -0.15) is 5.26 Å². The van der Waals surface area contributed by atoms with Crippen LogP contribution in [0.1, 0.15) is 24.8 Å². The fourth-order valence-corrected chi connectivity index (χ4v) is 2.49. The van der Waals surface area contributed by atoms with Crippen LogP contribution in [0, 0.1) is 28.4 Å². The maximum atomic E-state index is 11.4. The van der Waals surface area contributed by atoms with E-state index in [4.69, 9.17) is 15.1 Å². The standard InChI is InChI=1S/C12H15N3O5S/c1-9-7-11(20-6-4-2-3-5-13)10(15(16)17)8-12(9)21(14,18)19/h7-8H,2-4,6H2,1H3,(H2,14,18,19). The summed E-state index contributed by atoms with van der Waals surface area (Å²) < 4.78 is 28.0. The molecule has 9 heteroatoms. The minimum Gasteiger partial charge on any atom is -0.487 e. The molecule has 21 heavy (non-hydrogen) atoms. The summed E-state index contributed by atoms with van der Waals surface area (Å²) in [5.74, 6) is -0.0122. The van der Waals surface area contributed by atoms with Gasteiger partial charge in [0.05, 0.1) is 22.5 Å². The number of nitro groups is 1. The molecule has 0 atom stereocenters. The van der Waals surface area contributed by atoms with Crippen LogP contribution in [-0.2, 0) is 10.0 Å². The maximum absolute atomic E-state index is 11.4. The van der Waals surface area contributed by atoms with Gasteiger partial charge in [0.15, 0.2) is 5.75 Å². The SMILES string of the molecule is Cc1cc(OCCCCC#N)c([N+](=O)[O-])cc1S(N)(=O)=O. The number of aryl methyl sites for hydroxylation is 1. The van der Waals surface area contributed by atoms with Gasteiger partial charge in [0, 0.05) is 12.5 Å². The molecule has 0 saturated heterocycles. The van der Waals surface area contributed by atoms with Crippen molar-refractivity contribution in [1.82, 2.24) is 0 Å². The zero-order valence-corrected chi connectivity index (χ0v) is 12.2. The minimum absolute atomic E-state index is 0.0122. The predicted molar refractivity (Wildman–Crippen MR) is 74.2 cm³/mol. The van der Waals surface area contributed by atoms with Crippen molar-refractivity contribution in [3.8, 4) is 11.8 Å². The smallest absolute Gasteiger partial charge is 0.312 e. The Labute approximate surface area is 122 Å². The van der Waals surface area contributed by atoms with Crippen molar-refractivity contribution in [3.63, 3.8) is 0 Å². The molecular formula is C12H15N3O5S. The molecule has 0 saturated carbocycles. The van der Waals surface area contributed by atoms with Gasteiger partial charge in [-0.15, -0.1) is 0 Å². The number of nitro benzene ring substituents is 1. The Morgan fingerprint density at radius 1 is 1.43 bits per heavy atom. The molecule has 0 fully saturated rings. The lowest BCUT2D eigenvalue weighted by Gasteiger charge is -2.09. The van der Waals surface area contributed by atoms with Crippen molar-refractivity contribution in [2.75, 3.05) is 6.61 Å². The van der Waals surface area contributed by atoms with Gasteiger partial charge in [-0.3, -0.25) is 10.1 Å². The van der Waals surface area contributed by atoms with Gasteiger partial charge in [0.25, 0.3) is 0 Å². The molecule has 0 unspecified atom stereocenters. The Bertz CT molecular complexity index is 679. The van der Waals surface area contributed by atoms with Gasteiger partial charge in [0.1, 0.15) is 0 Å². The van der Waals surface area contributed by atoms with E-state index in [2.05, 4.69) is 0 Å². The molecule has 8 nitrogen and oxygen atoms in total. The Morgan fingerprint density at radius 2 is 2.10 bits per heavy atom. The van der Waals surface area contributed by atoms with E-state index in [9.17, 15) is 18.5 Å². The number of nitrogens with zero attached hydrogens (tertiary/aromatic N) is 2. The fourth-order valence-electron chi connectivity index (χ4n) is 1.70. The highest BCUT2D eigenvalue weighted by molar-refractivity contribution is 7.89. The summed E-state index contributed by atoms with van der Waals surface area (Å²) in [5, 5.41) is 24.4. The van der Waals surface area contributed by atoms with Gasteiger partial charge in [0.2, 0.25) is 10.0 Å². The number of hydrogen-bond acceptors (Lipinski definition) is 6. The number of primary sulfonamides is 1. The number of ether oxygens (including phenoxy) is 1. The van der Waals surface area contributed by atoms with Crippen LogP contribution < -0.4 is 9.88 Å². The van der Waals surface area contributed by atoms with Crippen molar-refractivity contribution >= 4 is 15.7 Å². The average Bonchev–Trinajstić information content (AvgIpc) is 2.36. The molecule has 1 rings (SSSR count). The van der Waals surface area contributed by atoms with Crippen LogP contribution in [-0.4, -0.2) is 19.9 Å². The number of benzene rings is 1. The van der Waals surface area contributed by atoms with Gasteiger partial charge in [-0.05, 0) is 31.4 Å². The Morgan fingerprint density at radius 3 is 2.62 bits per heavy atom. The highest BCUT2D eigenvalue weighted by Gasteiger charge is 2.22. The molecule has 0 bridgehead atoms. The molecule has 114 valence electrons. The van der Waals surface area contributed by atoms with E-state index in [0.29, 0.717) is 19.3 Å². The van der Waals surface area contributed by atoms with Crippen LogP contribution in [0.3, 0.4) is 0 Å². The quantitative estimate of drug-likeness (QED) is 0.461. The van der Waals surface area contributed by atoms with E-state index >= 15 is 0 Å². The van der Waals surface area contributed by atoms with Crippen molar-refractivity contribution in [2.45, 2.75) is 31.1 Å². The van der Waals surface area contributed by atoms with Gasteiger partial charge in [-0.25, -0.2) is 13.6 Å². The summed E-state index contributed by atoms with van der Waals surface area (Å²) in [7, 11) is -4.03. The molecule has 0 aliphatic carbocycles. The third kappa shape index (κ3) is 4.70. The van der Waals surface area contributed by atoms with Gasteiger partial charge >= 0.3 is 5.69 Å². The number of hydrogen-bond donors (Lipinski definition) is 1. The zero-order valence-electron chi connectivity index (χ0n) is 11.4. The summed E-state index contributed by atoms with van der Waals surface area (Å²) in [6.07, 6.45) is 1.58. The summed E-state index contributed by atoms with van der Waals surface area (Å²) in [4.78, 5) is 9.97. The highest BCUT2D eigenvalue weighted by Crippen LogP contribution is 2.32. The summed E-state index contributed by atoms with van der Waals surface area (Å²) in [5.41, 5.74) is -0.181. The number of sulfonamides is 1. The molecule has 1 aromatic carbocycles. The van der Waals surface area contributed by atoms with Crippen LogP contribution in [0.15, 0.2) is 17.0 Å². The first-order valence-corrected chi connectivity index (χ1v) is 7.63. The first-order chi connectivity index (χ1) is 9.77. The van der Waals surface area contributed by atoms with E-state index in [1.54, 1.807) is 0 Å². The van der Waals surface area contributed by atoms with Crippen LogP contribution in [0.5, 0.6) is 5.75 Å². The van der Waals surface area contributed by atoms with Gasteiger partial charge in [-0.1, -0.05) is 0 Å². The molecule has 0 spiro atoms. The van der Waals surface area contributed by atoms with E-state index in [1.807, 2.05) is 6.07 Å². The third-order valence-electron chi connectivity index (χ3n) is 2.70. The Kier molecular flexibility index (Phi) is 5.63. The number of nitrogens with two attached hydrogens (primary N) is 1. The van der Waals surface area contributed by atoms with Crippen LogP contribution >= 0.6 is 0 Å². The molecular weight excluding hydrogens is 298 g/mol. The molecule has 0 aliphatic heterocycles. The first-order valence-electron chi connectivity index (χ1n) is 6.09. The van der Waals surface area contributed by atoms with Crippen LogP contribution in [0.25, 0.3) is 0 Å². The fraction of sp³-hybridized carbons (Fsp3) is 0.417. The highest BCUT2D eigenvalue weighted by atomic mass is 32.2. The lowest BCUT2D eigenvalue weighted by Crippen LogP contribution is -2.14. The maximum Gasteiger partial charge on any atom is 0.312 e. The molecule has 0 amide bonds. The van der Waals surface area contributed by atoms with E-state index in [0.717, 1.165) is 6.07 Å². The Hall–Kier alpha value is -2.18. The molecule has 2 N–H and O–H groups in total. The third-order valence-corrected chi connectivity index (χ3v) is 3.75.